The summed E-state index contributed by atoms with van der Waals surface area (Å²) in [6.45, 7) is 12.0. The molecule has 1 rings (SSSR count). The third kappa shape index (κ3) is 7.64. The fraction of sp³-hybridized carbons (Fsp3) is 0.875. The molecule has 0 aromatic rings. The number of piperidine rings is 1. The lowest BCUT2D eigenvalue weighted by Crippen LogP contribution is -2.45. The summed E-state index contributed by atoms with van der Waals surface area (Å²) in [4.78, 5) is 25.3. The van der Waals surface area contributed by atoms with Crippen LogP contribution in [-0.4, -0.2) is 54.0 Å². The summed E-state index contributed by atoms with van der Waals surface area (Å²) in [6, 6.07) is 0. The highest BCUT2D eigenvalue weighted by Crippen LogP contribution is 2.17. The van der Waals surface area contributed by atoms with Crippen molar-refractivity contribution in [3.63, 3.8) is 0 Å². The van der Waals surface area contributed by atoms with Crippen molar-refractivity contribution < 1.29 is 23.8 Å². The van der Waals surface area contributed by atoms with E-state index >= 15 is 0 Å². The Hall–Kier alpha value is -1.30. The van der Waals surface area contributed by atoms with E-state index in [0.29, 0.717) is 13.1 Å². The Morgan fingerprint density at radius 2 is 1.64 bits per heavy atom. The van der Waals surface area contributed by atoms with Gasteiger partial charge in [-0.3, -0.25) is 0 Å². The number of carbonyl (C=O) groups excluding carboxylic acids is 2. The molecular formula is C16H29NO5. The Bertz CT molecular complexity index is 394. The van der Waals surface area contributed by atoms with Gasteiger partial charge in [-0.05, 0) is 54.4 Å². The SMILES string of the molecule is CC(C)(C)OC(=O)CO[C@@H]1CCCN(C(=O)OC(C)(C)C)C1. The molecule has 6 nitrogen and oxygen atoms in total. The summed E-state index contributed by atoms with van der Waals surface area (Å²) >= 11 is 0. The minimum Gasteiger partial charge on any atom is -0.458 e. The third-order valence-corrected chi connectivity index (χ3v) is 2.89. The zero-order chi connectivity index (χ0) is 17.0. The average molecular weight is 315 g/mol. The van der Waals surface area contributed by atoms with Gasteiger partial charge >= 0.3 is 12.1 Å². The molecule has 1 atom stereocenters. The van der Waals surface area contributed by atoms with Crippen LogP contribution >= 0.6 is 0 Å². The maximum absolute atomic E-state index is 12.0. The minimum absolute atomic E-state index is 0.0932. The number of esters is 1. The third-order valence-electron chi connectivity index (χ3n) is 2.89. The Balaban J connectivity index is 2.40. The second kappa shape index (κ2) is 7.31. The molecule has 22 heavy (non-hydrogen) atoms. The molecule has 0 aromatic heterocycles. The van der Waals surface area contributed by atoms with E-state index in [-0.39, 0.29) is 24.8 Å². The van der Waals surface area contributed by atoms with Crippen molar-refractivity contribution in [2.75, 3.05) is 19.7 Å². The van der Waals surface area contributed by atoms with Crippen LogP contribution in [-0.2, 0) is 19.0 Å². The second-order valence-corrected chi connectivity index (χ2v) is 7.59. The summed E-state index contributed by atoms with van der Waals surface area (Å²) in [5.41, 5.74) is -1.03. The number of nitrogens with zero attached hydrogens (tertiary/aromatic N) is 1. The Morgan fingerprint density at radius 1 is 1.05 bits per heavy atom. The van der Waals surface area contributed by atoms with Gasteiger partial charge in [-0.1, -0.05) is 0 Å². The molecule has 0 radical (unpaired) electrons. The van der Waals surface area contributed by atoms with Gasteiger partial charge in [-0.2, -0.15) is 0 Å². The summed E-state index contributed by atoms with van der Waals surface area (Å²) in [5.74, 6) is -0.387. The van der Waals surface area contributed by atoms with Gasteiger partial charge in [0.05, 0.1) is 12.6 Å². The molecule has 0 N–H and O–H groups in total. The van der Waals surface area contributed by atoms with E-state index in [4.69, 9.17) is 14.2 Å². The van der Waals surface area contributed by atoms with E-state index in [2.05, 4.69) is 0 Å². The number of ether oxygens (including phenoxy) is 3. The molecule has 1 heterocycles. The Kier molecular flexibility index (Phi) is 6.23. The molecule has 1 aliphatic rings. The van der Waals surface area contributed by atoms with Crippen molar-refractivity contribution in [3.05, 3.63) is 0 Å². The molecule has 0 spiro atoms. The topological polar surface area (TPSA) is 65.1 Å². The van der Waals surface area contributed by atoms with Crippen LogP contribution in [0.4, 0.5) is 4.79 Å². The summed E-state index contributed by atoms with van der Waals surface area (Å²) in [6.07, 6.45) is 1.16. The maximum atomic E-state index is 12.0. The van der Waals surface area contributed by atoms with Crippen LogP contribution in [0, 0.1) is 0 Å². The summed E-state index contributed by atoms with van der Waals surface area (Å²) in [7, 11) is 0. The molecule has 6 heteroatoms. The van der Waals surface area contributed by atoms with Gasteiger partial charge < -0.3 is 19.1 Å². The van der Waals surface area contributed by atoms with Crippen LogP contribution in [0.1, 0.15) is 54.4 Å². The molecule has 1 aliphatic heterocycles. The highest BCUT2D eigenvalue weighted by molar-refractivity contribution is 5.71. The number of hydrogen-bond donors (Lipinski definition) is 0. The van der Waals surface area contributed by atoms with Crippen LogP contribution in [0.5, 0.6) is 0 Å². The van der Waals surface area contributed by atoms with Gasteiger partial charge in [0.15, 0.2) is 0 Å². The first-order valence-electron chi connectivity index (χ1n) is 7.78. The van der Waals surface area contributed by atoms with Crippen molar-refractivity contribution >= 4 is 12.1 Å². The highest BCUT2D eigenvalue weighted by Gasteiger charge is 2.28. The smallest absolute Gasteiger partial charge is 0.410 e. The van der Waals surface area contributed by atoms with Gasteiger partial charge in [-0.15, -0.1) is 0 Å². The Labute approximate surface area is 133 Å². The van der Waals surface area contributed by atoms with E-state index in [1.54, 1.807) is 4.90 Å². The average Bonchev–Trinajstić information content (AvgIpc) is 2.32. The predicted molar refractivity (Wildman–Crippen MR) is 82.6 cm³/mol. The number of amides is 1. The van der Waals surface area contributed by atoms with Crippen molar-refractivity contribution in [1.29, 1.82) is 0 Å². The molecule has 0 unspecified atom stereocenters. The van der Waals surface area contributed by atoms with Gasteiger partial charge in [0.2, 0.25) is 0 Å². The zero-order valence-corrected chi connectivity index (χ0v) is 14.6. The quantitative estimate of drug-likeness (QED) is 0.749. The largest absolute Gasteiger partial charge is 0.458 e. The zero-order valence-electron chi connectivity index (χ0n) is 14.6. The molecule has 0 aromatic carbocycles. The van der Waals surface area contributed by atoms with Crippen LogP contribution in [0.2, 0.25) is 0 Å². The first-order chi connectivity index (χ1) is 9.96. The van der Waals surface area contributed by atoms with E-state index in [0.717, 1.165) is 12.8 Å². The second-order valence-electron chi connectivity index (χ2n) is 7.59. The fourth-order valence-corrected chi connectivity index (χ4v) is 2.12. The summed E-state index contributed by atoms with van der Waals surface area (Å²) in [5, 5.41) is 0. The molecule has 0 bridgehead atoms. The molecular weight excluding hydrogens is 286 g/mol. The fourth-order valence-electron chi connectivity index (χ4n) is 2.12. The lowest BCUT2D eigenvalue weighted by molar-refractivity contribution is -0.163. The standard InChI is InChI=1S/C16H29NO5/c1-15(2,3)21-13(18)11-20-12-8-7-9-17(10-12)14(19)22-16(4,5)6/h12H,7-11H2,1-6H3/t12-/m1/s1. The molecule has 0 saturated carbocycles. The van der Waals surface area contributed by atoms with E-state index in [1.807, 2.05) is 41.5 Å². The number of rotatable bonds is 3. The molecule has 0 aliphatic carbocycles. The van der Waals surface area contributed by atoms with Gasteiger partial charge in [0.25, 0.3) is 0 Å². The monoisotopic (exact) mass is 315 g/mol. The lowest BCUT2D eigenvalue weighted by atomic mass is 10.1. The molecule has 1 saturated heterocycles. The van der Waals surface area contributed by atoms with Crippen LogP contribution in [0.25, 0.3) is 0 Å². The minimum atomic E-state index is -0.518. The molecule has 1 fully saturated rings. The van der Waals surface area contributed by atoms with Crippen molar-refractivity contribution in [3.8, 4) is 0 Å². The van der Waals surface area contributed by atoms with E-state index in [1.165, 1.54) is 0 Å². The van der Waals surface area contributed by atoms with Crippen molar-refractivity contribution in [2.24, 2.45) is 0 Å². The first kappa shape index (κ1) is 18.7. The van der Waals surface area contributed by atoms with E-state index < -0.39 is 11.2 Å². The van der Waals surface area contributed by atoms with Crippen LogP contribution < -0.4 is 0 Å². The van der Waals surface area contributed by atoms with Crippen molar-refractivity contribution in [2.45, 2.75) is 71.7 Å². The maximum Gasteiger partial charge on any atom is 0.410 e. The van der Waals surface area contributed by atoms with E-state index in [9.17, 15) is 9.59 Å². The predicted octanol–water partition coefficient (Wildman–Crippen LogP) is 2.74. The summed E-state index contributed by atoms with van der Waals surface area (Å²) < 4.78 is 16.1. The first-order valence-corrected chi connectivity index (χ1v) is 7.78. The van der Waals surface area contributed by atoms with Gasteiger partial charge in [0, 0.05) is 6.54 Å². The normalized spacial score (nSPS) is 19.7. The lowest BCUT2D eigenvalue weighted by Gasteiger charge is -2.34. The number of likely N-dealkylation sites (tertiary alicyclic amines) is 1. The van der Waals surface area contributed by atoms with Crippen molar-refractivity contribution in [1.82, 2.24) is 4.90 Å². The molecule has 128 valence electrons. The van der Waals surface area contributed by atoms with Crippen LogP contribution in [0.15, 0.2) is 0 Å². The Morgan fingerprint density at radius 3 is 2.18 bits per heavy atom. The van der Waals surface area contributed by atoms with Gasteiger partial charge in [0.1, 0.15) is 17.8 Å². The van der Waals surface area contributed by atoms with Gasteiger partial charge in [-0.25, -0.2) is 9.59 Å². The highest BCUT2D eigenvalue weighted by atomic mass is 16.6. The number of hydrogen-bond acceptors (Lipinski definition) is 5. The number of carbonyl (C=O) groups is 2. The molecule has 1 amide bonds. The van der Waals surface area contributed by atoms with Crippen LogP contribution in [0.3, 0.4) is 0 Å².